The highest BCUT2D eigenvalue weighted by atomic mass is 16.5. The van der Waals surface area contributed by atoms with Crippen molar-refractivity contribution >= 4 is 0 Å². The Balaban J connectivity index is 3.24. The third-order valence-corrected chi connectivity index (χ3v) is 3.14. The molecule has 1 aromatic carbocycles. The lowest BCUT2D eigenvalue weighted by atomic mass is 9.93. The Morgan fingerprint density at radius 2 is 1.89 bits per heavy atom. The van der Waals surface area contributed by atoms with E-state index in [4.69, 9.17) is 9.47 Å². The normalized spacial score (nSPS) is 14.4. The molecule has 102 valence electrons. The van der Waals surface area contributed by atoms with Crippen LogP contribution in [-0.2, 0) is 0 Å². The number of aliphatic hydroxyl groups excluding tert-OH is 1. The molecule has 0 radical (unpaired) electrons. The zero-order valence-corrected chi connectivity index (χ0v) is 11.8. The molecule has 2 atom stereocenters. The standard InChI is InChI=1S/C14H23NO3/c1-10(9-16)14(15(2)3)12-8-11(17-4)6-7-13(12)18-5/h6-8,10,14,16H,9H2,1-5H3. The first-order valence-corrected chi connectivity index (χ1v) is 6.04. The molecule has 4 heteroatoms. The molecule has 0 aliphatic carbocycles. The molecule has 0 fully saturated rings. The summed E-state index contributed by atoms with van der Waals surface area (Å²) in [5, 5.41) is 9.41. The number of ether oxygens (including phenoxy) is 2. The van der Waals surface area contributed by atoms with Crippen LogP contribution in [0, 0.1) is 5.92 Å². The smallest absolute Gasteiger partial charge is 0.123 e. The van der Waals surface area contributed by atoms with Crippen molar-refractivity contribution in [2.75, 3.05) is 34.9 Å². The van der Waals surface area contributed by atoms with Crippen LogP contribution in [0.2, 0.25) is 0 Å². The molecule has 0 aliphatic rings. The predicted octanol–water partition coefficient (Wildman–Crippen LogP) is 1.93. The number of hydrogen-bond acceptors (Lipinski definition) is 4. The summed E-state index contributed by atoms with van der Waals surface area (Å²) < 4.78 is 10.7. The quantitative estimate of drug-likeness (QED) is 0.841. The second-order valence-corrected chi connectivity index (χ2v) is 4.68. The van der Waals surface area contributed by atoms with Gasteiger partial charge in [0.25, 0.3) is 0 Å². The average molecular weight is 253 g/mol. The Bertz CT molecular complexity index is 379. The van der Waals surface area contributed by atoms with E-state index < -0.39 is 0 Å². The summed E-state index contributed by atoms with van der Waals surface area (Å²) in [6.07, 6.45) is 0. The van der Waals surface area contributed by atoms with Gasteiger partial charge >= 0.3 is 0 Å². The number of methoxy groups -OCH3 is 2. The van der Waals surface area contributed by atoms with Crippen molar-refractivity contribution in [2.45, 2.75) is 13.0 Å². The Morgan fingerprint density at radius 3 is 2.33 bits per heavy atom. The van der Waals surface area contributed by atoms with Gasteiger partial charge in [-0.15, -0.1) is 0 Å². The van der Waals surface area contributed by atoms with Crippen LogP contribution in [0.25, 0.3) is 0 Å². The van der Waals surface area contributed by atoms with Gasteiger partial charge < -0.3 is 19.5 Å². The Hall–Kier alpha value is -1.26. The molecule has 1 aromatic rings. The summed E-state index contributed by atoms with van der Waals surface area (Å²) in [5.74, 6) is 1.72. The first-order chi connectivity index (χ1) is 8.54. The van der Waals surface area contributed by atoms with E-state index in [-0.39, 0.29) is 18.6 Å². The van der Waals surface area contributed by atoms with Crippen LogP contribution < -0.4 is 9.47 Å². The predicted molar refractivity (Wildman–Crippen MR) is 72.2 cm³/mol. The summed E-state index contributed by atoms with van der Waals surface area (Å²) in [4.78, 5) is 2.08. The van der Waals surface area contributed by atoms with E-state index in [0.29, 0.717) is 0 Å². The maximum Gasteiger partial charge on any atom is 0.123 e. The van der Waals surface area contributed by atoms with E-state index in [9.17, 15) is 5.11 Å². The van der Waals surface area contributed by atoms with Crippen molar-refractivity contribution in [3.05, 3.63) is 23.8 Å². The zero-order chi connectivity index (χ0) is 13.7. The van der Waals surface area contributed by atoms with Gasteiger partial charge in [0.15, 0.2) is 0 Å². The van der Waals surface area contributed by atoms with E-state index in [1.807, 2.05) is 39.2 Å². The molecule has 0 saturated heterocycles. The molecule has 0 saturated carbocycles. The monoisotopic (exact) mass is 253 g/mol. The fourth-order valence-electron chi connectivity index (χ4n) is 2.26. The lowest BCUT2D eigenvalue weighted by Crippen LogP contribution is -2.28. The molecule has 0 amide bonds. The van der Waals surface area contributed by atoms with Crippen molar-refractivity contribution in [3.63, 3.8) is 0 Å². The first-order valence-electron chi connectivity index (χ1n) is 6.04. The highest BCUT2D eigenvalue weighted by Crippen LogP contribution is 2.35. The molecule has 0 aromatic heterocycles. The highest BCUT2D eigenvalue weighted by Gasteiger charge is 2.24. The molecular weight excluding hydrogens is 230 g/mol. The molecule has 0 aliphatic heterocycles. The minimum atomic E-state index is 0.0834. The molecule has 0 spiro atoms. The van der Waals surface area contributed by atoms with Crippen molar-refractivity contribution in [1.29, 1.82) is 0 Å². The summed E-state index contributed by atoms with van der Waals surface area (Å²) in [6, 6.07) is 5.82. The van der Waals surface area contributed by atoms with Crippen LogP contribution >= 0.6 is 0 Å². The van der Waals surface area contributed by atoms with Crippen LogP contribution in [0.5, 0.6) is 11.5 Å². The Morgan fingerprint density at radius 1 is 1.22 bits per heavy atom. The van der Waals surface area contributed by atoms with Gasteiger partial charge in [0.05, 0.1) is 14.2 Å². The van der Waals surface area contributed by atoms with Crippen LogP contribution in [0.3, 0.4) is 0 Å². The molecule has 1 N–H and O–H groups in total. The van der Waals surface area contributed by atoms with Crippen LogP contribution in [0.15, 0.2) is 18.2 Å². The lowest BCUT2D eigenvalue weighted by Gasteiger charge is -2.30. The molecule has 0 bridgehead atoms. The maximum atomic E-state index is 9.41. The van der Waals surface area contributed by atoms with E-state index in [0.717, 1.165) is 17.1 Å². The Kier molecular flexibility index (Phi) is 5.44. The van der Waals surface area contributed by atoms with Gasteiger partial charge in [0.2, 0.25) is 0 Å². The van der Waals surface area contributed by atoms with Gasteiger partial charge in [0.1, 0.15) is 11.5 Å². The number of hydrogen-bond donors (Lipinski definition) is 1. The molecule has 4 nitrogen and oxygen atoms in total. The van der Waals surface area contributed by atoms with Crippen LogP contribution in [-0.4, -0.2) is 44.9 Å². The fraction of sp³-hybridized carbons (Fsp3) is 0.571. The molecule has 0 heterocycles. The topological polar surface area (TPSA) is 41.9 Å². The van der Waals surface area contributed by atoms with E-state index in [1.165, 1.54) is 0 Å². The second kappa shape index (κ2) is 6.61. The third kappa shape index (κ3) is 3.15. The second-order valence-electron chi connectivity index (χ2n) is 4.68. The van der Waals surface area contributed by atoms with Gasteiger partial charge in [0, 0.05) is 18.2 Å². The number of benzene rings is 1. The van der Waals surface area contributed by atoms with Gasteiger partial charge in [-0.2, -0.15) is 0 Å². The third-order valence-electron chi connectivity index (χ3n) is 3.14. The minimum Gasteiger partial charge on any atom is -0.497 e. The lowest BCUT2D eigenvalue weighted by molar-refractivity contribution is 0.143. The van der Waals surface area contributed by atoms with Crippen LogP contribution in [0.4, 0.5) is 0 Å². The summed E-state index contributed by atoms with van der Waals surface area (Å²) >= 11 is 0. The summed E-state index contributed by atoms with van der Waals surface area (Å²) in [5.41, 5.74) is 1.03. The van der Waals surface area contributed by atoms with Gasteiger partial charge in [-0.25, -0.2) is 0 Å². The summed E-state index contributed by atoms with van der Waals surface area (Å²) in [6.45, 7) is 2.15. The number of rotatable bonds is 6. The van der Waals surface area contributed by atoms with Gasteiger partial charge in [-0.3, -0.25) is 0 Å². The van der Waals surface area contributed by atoms with E-state index in [1.54, 1.807) is 14.2 Å². The average Bonchev–Trinajstić information content (AvgIpc) is 2.38. The van der Waals surface area contributed by atoms with Gasteiger partial charge in [-0.1, -0.05) is 6.92 Å². The molecule has 2 unspecified atom stereocenters. The fourth-order valence-corrected chi connectivity index (χ4v) is 2.26. The first kappa shape index (κ1) is 14.8. The van der Waals surface area contributed by atoms with Crippen molar-refractivity contribution in [2.24, 2.45) is 5.92 Å². The van der Waals surface area contributed by atoms with Gasteiger partial charge in [-0.05, 0) is 38.2 Å². The maximum absolute atomic E-state index is 9.41. The van der Waals surface area contributed by atoms with Crippen molar-refractivity contribution in [3.8, 4) is 11.5 Å². The minimum absolute atomic E-state index is 0.0834. The molecule has 18 heavy (non-hydrogen) atoms. The Labute approximate surface area is 109 Å². The highest BCUT2D eigenvalue weighted by molar-refractivity contribution is 5.42. The zero-order valence-electron chi connectivity index (χ0n) is 11.8. The van der Waals surface area contributed by atoms with Crippen molar-refractivity contribution < 1.29 is 14.6 Å². The van der Waals surface area contributed by atoms with Crippen LogP contribution in [0.1, 0.15) is 18.5 Å². The van der Waals surface area contributed by atoms with E-state index in [2.05, 4.69) is 4.90 Å². The number of aliphatic hydroxyl groups is 1. The van der Waals surface area contributed by atoms with Crippen molar-refractivity contribution in [1.82, 2.24) is 4.90 Å². The molecule has 1 rings (SSSR count). The summed E-state index contributed by atoms with van der Waals surface area (Å²) in [7, 11) is 7.29. The SMILES string of the molecule is COc1ccc(OC)c(C(C(C)CO)N(C)C)c1. The van der Waals surface area contributed by atoms with E-state index >= 15 is 0 Å². The number of nitrogens with zero attached hydrogens (tertiary/aromatic N) is 1. The molecular formula is C14H23NO3. The largest absolute Gasteiger partial charge is 0.497 e.